The zero-order chi connectivity index (χ0) is 12.0. The first kappa shape index (κ1) is 12.8. The zero-order valence-corrected chi connectivity index (χ0v) is 10.5. The van der Waals surface area contributed by atoms with Crippen LogP contribution >= 0.6 is 0 Å². The molecule has 1 rings (SSSR count). The number of nitrogens with zero attached hydrogens (tertiary/aromatic N) is 1. The van der Waals surface area contributed by atoms with Gasteiger partial charge in [-0.05, 0) is 18.6 Å². The zero-order valence-electron chi connectivity index (χ0n) is 10.5. The van der Waals surface area contributed by atoms with Gasteiger partial charge in [0.2, 0.25) is 0 Å². The van der Waals surface area contributed by atoms with Crippen LogP contribution in [0.25, 0.3) is 0 Å². The molecule has 0 heterocycles. The van der Waals surface area contributed by atoms with Crippen LogP contribution in [0, 0.1) is 11.3 Å². The first-order valence-corrected chi connectivity index (χ1v) is 6.07. The fourth-order valence-corrected chi connectivity index (χ4v) is 1.62. The molecule has 2 nitrogen and oxygen atoms in total. The number of hydrogen-bond acceptors (Lipinski definition) is 1. The second kappa shape index (κ2) is 6.31. The van der Waals surface area contributed by atoms with E-state index in [2.05, 4.69) is 37.8 Å². The first-order valence-electron chi connectivity index (χ1n) is 6.07. The van der Waals surface area contributed by atoms with Crippen LogP contribution in [0.4, 0.5) is 5.69 Å². The molecule has 0 fully saturated rings. The summed E-state index contributed by atoms with van der Waals surface area (Å²) in [7, 11) is 0. The third kappa shape index (κ3) is 3.37. The van der Waals surface area contributed by atoms with Crippen molar-refractivity contribution in [3.8, 4) is 0 Å². The second-order valence-electron chi connectivity index (χ2n) is 4.38. The Labute approximate surface area is 98.8 Å². The minimum absolute atomic E-state index is 0.275. The van der Waals surface area contributed by atoms with Crippen molar-refractivity contribution in [2.75, 3.05) is 11.4 Å². The molecular weight excluding hydrogens is 196 g/mol. The number of para-hydroxylation sites is 1. The van der Waals surface area contributed by atoms with E-state index < -0.39 is 0 Å². The molecule has 0 bridgehead atoms. The highest BCUT2D eigenvalue weighted by atomic mass is 15.2. The van der Waals surface area contributed by atoms with Crippen LogP contribution in [-0.2, 0) is 0 Å². The summed E-state index contributed by atoms with van der Waals surface area (Å²) in [6.45, 7) is 7.27. The van der Waals surface area contributed by atoms with E-state index in [0.717, 1.165) is 25.1 Å². The lowest BCUT2D eigenvalue weighted by atomic mass is 10.1. The Morgan fingerprint density at radius 1 is 1.25 bits per heavy atom. The molecule has 0 aromatic heterocycles. The molecular formula is C14H22N2. The summed E-state index contributed by atoms with van der Waals surface area (Å²) < 4.78 is 0. The Morgan fingerprint density at radius 2 is 1.88 bits per heavy atom. The Morgan fingerprint density at radius 3 is 2.38 bits per heavy atom. The lowest BCUT2D eigenvalue weighted by Crippen LogP contribution is -2.34. The summed E-state index contributed by atoms with van der Waals surface area (Å²) in [6, 6.07) is 10.2. The third-order valence-corrected chi connectivity index (χ3v) is 2.64. The maximum absolute atomic E-state index is 8.14. The SMILES string of the molecule is CCCCN(C(=N)C(C)C)c1ccccc1. The Kier molecular flexibility index (Phi) is 5.03. The Hall–Kier alpha value is -1.31. The highest BCUT2D eigenvalue weighted by molar-refractivity contribution is 5.96. The van der Waals surface area contributed by atoms with Gasteiger partial charge in [-0.15, -0.1) is 0 Å². The fraction of sp³-hybridized carbons (Fsp3) is 0.500. The fourth-order valence-electron chi connectivity index (χ4n) is 1.62. The van der Waals surface area contributed by atoms with Crippen molar-refractivity contribution in [2.24, 2.45) is 5.92 Å². The van der Waals surface area contributed by atoms with E-state index in [9.17, 15) is 0 Å². The molecule has 0 unspecified atom stereocenters. The van der Waals surface area contributed by atoms with Crippen LogP contribution in [0.2, 0.25) is 0 Å². The number of amidine groups is 1. The first-order chi connectivity index (χ1) is 7.66. The average molecular weight is 218 g/mol. The number of rotatable bonds is 5. The summed E-state index contributed by atoms with van der Waals surface area (Å²) >= 11 is 0. The summed E-state index contributed by atoms with van der Waals surface area (Å²) in [4.78, 5) is 2.12. The Balaban J connectivity index is 2.83. The number of benzene rings is 1. The molecule has 0 aliphatic heterocycles. The monoisotopic (exact) mass is 218 g/mol. The van der Waals surface area contributed by atoms with Gasteiger partial charge < -0.3 is 4.90 Å². The van der Waals surface area contributed by atoms with Crippen molar-refractivity contribution in [3.63, 3.8) is 0 Å². The molecule has 0 amide bonds. The second-order valence-corrected chi connectivity index (χ2v) is 4.38. The maximum atomic E-state index is 8.14. The molecule has 0 saturated heterocycles. The van der Waals surface area contributed by atoms with Crippen LogP contribution in [0.5, 0.6) is 0 Å². The highest BCUT2D eigenvalue weighted by Gasteiger charge is 2.13. The lowest BCUT2D eigenvalue weighted by Gasteiger charge is -2.27. The average Bonchev–Trinajstić information content (AvgIpc) is 2.30. The van der Waals surface area contributed by atoms with Gasteiger partial charge in [0.15, 0.2) is 0 Å². The van der Waals surface area contributed by atoms with Crippen LogP contribution in [0.3, 0.4) is 0 Å². The van der Waals surface area contributed by atoms with E-state index in [1.807, 2.05) is 18.2 Å². The van der Waals surface area contributed by atoms with E-state index in [0.29, 0.717) is 5.84 Å². The van der Waals surface area contributed by atoms with Gasteiger partial charge in [-0.25, -0.2) is 0 Å². The van der Waals surface area contributed by atoms with Gasteiger partial charge in [0.1, 0.15) is 5.84 Å². The molecule has 1 aromatic rings. The molecule has 1 aromatic carbocycles. The van der Waals surface area contributed by atoms with E-state index >= 15 is 0 Å². The van der Waals surface area contributed by atoms with Crippen molar-refractivity contribution >= 4 is 11.5 Å². The van der Waals surface area contributed by atoms with Gasteiger partial charge in [0.25, 0.3) is 0 Å². The van der Waals surface area contributed by atoms with Crippen molar-refractivity contribution in [1.82, 2.24) is 0 Å². The molecule has 16 heavy (non-hydrogen) atoms. The number of hydrogen-bond donors (Lipinski definition) is 1. The van der Waals surface area contributed by atoms with Gasteiger partial charge >= 0.3 is 0 Å². The van der Waals surface area contributed by atoms with E-state index in [1.165, 1.54) is 0 Å². The van der Waals surface area contributed by atoms with E-state index in [-0.39, 0.29) is 5.92 Å². The van der Waals surface area contributed by atoms with Gasteiger partial charge in [-0.2, -0.15) is 0 Å². The van der Waals surface area contributed by atoms with E-state index in [1.54, 1.807) is 0 Å². The number of nitrogens with one attached hydrogen (secondary N) is 1. The minimum atomic E-state index is 0.275. The van der Waals surface area contributed by atoms with Gasteiger partial charge in [0, 0.05) is 18.2 Å². The maximum Gasteiger partial charge on any atom is 0.103 e. The molecule has 2 heteroatoms. The summed E-state index contributed by atoms with van der Waals surface area (Å²) in [6.07, 6.45) is 2.29. The third-order valence-electron chi connectivity index (χ3n) is 2.64. The number of unbranched alkanes of at least 4 members (excludes halogenated alkanes) is 1. The van der Waals surface area contributed by atoms with Crippen molar-refractivity contribution in [2.45, 2.75) is 33.6 Å². The molecule has 0 aliphatic rings. The quantitative estimate of drug-likeness (QED) is 0.588. The molecule has 1 N–H and O–H groups in total. The molecule has 88 valence electrons. The van der Waals surface area contributed by atoms with Crippen molar-refractivity contribution in [1.29, 1.82) is 5.41 Å². The van der Waals surface area contributed by atoms with Gasteiger partial charge in [-0.3, -0.25) is 5.41 Å². The van der Waals surface area contributed by atoms with Crippen LogP contribution in [-0.4, -0.2) is 12.4 Å². The predicted molar refractivity (Wildman–Crippen MR) is 71.3 cm³/mol. The number of anilines is 1. The molecule has 0 saturated carbocycles. The molecule has 0 aliphatic carbocycles. The predicted octanol–water partition coefficient (Wildman–Crippen LogP) is 3.93. The molecule has 0 atom stereocenters. The Bertz CT molecular complexity index is 317. The summed E-state index contributed by atoms with van der Waals surface area (Å²) in [5, 5.41) is 8.14. The van der Waals surface area contributed by atoms with Crippen molar-refractivity contribution < 1.29 is 0 Å². The minimum Gasteiger partial charge on any atom is -0.330 e. The molecule has 0 radical (unpaired) electrons. The van der Waals surface area contributed by atoms with Crippen molar-refractivity contribution in [3.05, 3.63) is 30.3 Å². The van der Waals surface area contributed by atoms with Crippen LogP contribution < -0.4 is 4.90 Å². The van der Waals surface area contributed by atoms with E-state index in [4.69, 9.17) is 5.41 Å². The smallest absolute Gasteiger partial charge is 0.103 e. The lowest BCUT2D eigenvalue weighted by molar-refractivity contribution is 0.760. The summed E-state index contributed by atoms with van der Waals surface area (Å²) in [5.74, 6) is 0.983. The topological polar surface area (TPSA) is 27.1 Å². The van der Waals surface area contributed by atoms with Crippen LogP contribution in [0.15, 0.2) is 30.3 Å². The van der Waals surface area contributed by atoms with Gasteiger partial charge in [-0.1, -0.05) is 45.4 Å². The highest BCUT2D eigenvalue weighted by Crippen LogP contribution is 2.17. The summed E-state index contributed by atoms with van der Waals surface area (Å²) in [5.41, 5.74) is 1.13. The van der Waals surface area contributed by atoms with Crippen LogP contribution in [0.1, 0.15) is 33.6 Å². The molecule has 0 spiro atoms. The standard InChI is InChI=1S/C14H22N2/c1-4-5-11-16(14(15)12(2)3)13-9-7-6-8-10-13/h6-10,12,15H,4-5,11H2,1-3H3. The normalized spacial score (nSPS) is 10.5. The largest absolute Gasteiger partial charge is 0.330 e. The van der Waals surface area contributed by atoms with Gasteiger partial charge in [0.05, 0.1) is 0 Å².